The van der Waals surface area contributed by atoms with Gasteiger partial charge >= 0.3 is 5.97 Å². The monoisotopic (exact) mass is 307 g/mol. The lowest BCUT2D eigenvalue weighted by atomic mass is 10.2. The molecule has 0 aromatic heterocycles. The number of carbonyl (C=O) groups excluding carboxylic acids is 2. The van der Waals surface area contributed by atoms with Crippen LogP contribution >= 0.6 is 0 Å². The number of esters is 1. The van der Waals surface area contributed by atoms with E-state index in [-0.39, 0.29) is 5.70 Å². The lowest BCUT2D eigenvalue weighted by Crippen LogP contribution is -2.26. The molecule has 0 atom stereocenters. The Morgan fingerprint density at radius 1 is 0.913 bits per heavy atom. The van der Waals surface area contributed by atoms with Crippen molar-refractivity contribution < 1.29 is 14.3 Å². The maximum atomic E-state index is 12.0. The lowest BCUT2D eigenvalue weighted by molar-refractivity contribution is -0.137. The molecule has 4 heteroatoms. The van der Waals surface area contributed by atoms with Crippen molar-refractivity contribution in [1.29, 1.82) is 0 Å². The van der Waals surface area contributed by atoms with Gasteiger partial charge in [-0.25, -0.2) is 4.79 Å². The number of benzene rings is 2. The Bertz CT molecular complexity index is 719. The summed E-state index contributed by atoms with van der Waals surface area (Å²) in [7, 11) is 1.27. The van der Waals surface area contributed by atoms with Crippen LogP contribution < -0.4 is 5.32 Å². The smallest absolute Gasteiger partial charge is 0.354 e. The molecule has 2 aromatic carbocycles. The van der Waals surface area contributed by atoms with Crippen molar-refractivity contribution in [2.24, 2.45) is 0 Å². The van der Waals surface area contributed by atoms with Gasteiger partial charge in [-0.15, -0.1) is 0 Å². The van der Waals surface area contributed by atoms with Crippen molar-refractivity contribution in [2.75, 3.05) is 7.11 Å². The molecule has 4 nitrogen and oxygen atoms in total. The highest BCUT2D eigenvalue weighted by molar-refractivity contribution is 6.02. The number of amides is 1. The van der Waals surface area contributed by atoms with Gasteiger partial charge in [0.1, 0.15) is 5.70 Å². The third-order valence-electron chi connectivity index (χ3n) is 3.00. The molecule has 0 aliphatic carbocycles. The number of methoxy groups -OCH3 is 1. The van der Waals surface area contributed by atoms with E-state index in [1.165, 1.54) is 13.2 Å². The van der Waals surface area contributed by atoms with E-state index in [0.717, 1.165) is 11.1 Å². The number of nitrogens with one attached hydrogen (secondary N) is 1. The minimum absolute atomic E-state index is 0.0846. The van der Waals surface area contributed by atoms with Gasteiger partial charge in [0.2, 0.25) is 5.91 Å². The molecule has 0 heterocycles. The van der Waals surface area contributed by atoms with Crippen molar-refractivity contribution in [1.82, 2.24) is 5.32 Å². The second-order valence-electron chi connectivity index (χ2n) is 4.69. The van der Waals surface area contributed by atoms with Crippen LogP contribution in [0.1, 0.15) is 11.1 Å². The van der Waals surface area contributed by atoms with E-state index in [1.54, 1.807) is 12.2 Å². The first-order valence-corrected chi connectivity index (χ1v) is 7.08. The van der Waals surface area contributed by atoms with Gasteiger partial charge in [0.15, 0.2) is 0 Å². The number of hydrogen-bond acceptors (Lipinski definition) is 3. The standard InChI is InChI=1S/C19H17NO3/c1-23-19(22)17(14-16-10-6-3-7-11-16)20-18(21)13-12-15-8-4-2-5-9-15/h2-14H,1H3,(H,20,21). The van der Waals surface area contributed by atoms with Crippen LogP contribution in [0.15, 0.2) is 72.4 Å². The van der Waals surface area contributed by atoms with Crippen molar-refractivity contribution in [3.63, 3.8) is 0 Å². The van der Waals surface area contributed by atoms with Crippen LogP contribution in [0.2, 0.25) is 0 Å². The SMILES string of the molecule is COC(=O)C(=Cc1ccccc1)NC(=O)C=Cc1ccccc1. The van der Waals surface area contributed by atoms with Gasteiger partial charge in [0.25, 0.3) is 0 Å². The normalized spacial score (nSPS) is 11.3. The molecule has 116 valence electrons. The Morgan fingerprint density at radius 3 is 2.04 bits per heavy atom. The summed E-state index contributed by atoms with van der Waals surface area (Å²) in [6.45, 7) is 0. The van der Waals surface area contributed by atoms with Crippen LogP contribution in [0.5, 0.6) is 0 Å². The maximum absolute atomic E-state index is 12.0. The van der Waals surface area contributed by atoms with Crippen LogP contribution in [-0.4, -0.2) is 19.0 Å². The molecule has 2 aromatic rings. The van der Waals surface area contributed by atoms with E-state index in [2.05, 4.69) is 5.32 Å². The molecule has 0 bridgehead atoms. The lowest BCUT2D eigenvalue weighted by Gasteiger charge is -2.06. The highest BCUT2D eigenvalue weighted by atomic mass is 16.5. The fourth-order valence-electron chi connectivity index (χ4n) is 1.88. The fraction of sp³-hybridized carbons (Fsp3) is 0.0526. The van der Waals surface area contributed by atoms with Gasteiger partial charge in [-0.3, -0.25) is 4.79 Å². The summed E-state index contributed by atoms with van der Waals surface area (Å²) < 4.78 is 4.70. The Hall–Kier alpha value is -3.14. The van der Waals surface area contributed by atoms with Crippen LogP contribution in [0.25, 0.3) is 12.2 Å². The van der Waals surface area contributed by atoms with E-state index in [1.807, 2.05) is 60.7 Å². The zero-order chi connectivity index (χ0) is 16.5. The van der Waals surface area contributed by atoms with Crippen molar-refractivity contribution in [3.8, 4) is 0 Å². The maximum Gasteiger partial charge on any atom is 0.354 e. The summed E-state index contributed by atoms with van der Waals surface area (Å²) in [6, 6.07) is 18.6. The first-order chi connectivity index (χ1) is 11.2. The van der Waals surface area contributed by atoms with Gasteiger partial charge in [0.05, 0.1) is 7.11 Å². The predicted molar refractivity (Wildman–Crippen MR) is 90.1 cm³/mol. The molecule has 0 spiro atoms. The van der Waals surface area contributed by atoms with Crippen LogP contribution in [-0.2, 0) is 14.3 Å². The molecule has 0 fully saturated rings. The Morgan fingerprint density at radius 2 is 1.48 bits per heavy atom. The molecule has 0 unspecified atom stereocenters. The zero-order valence-electron chi connectivity index (χ0n) is 12.7. The Labute approximate surface area is 135 Å². The van der Waals surface area contributed by atoms with Crippen molar-refractivity contribution in [2.45, 2.75) is 0 Å². The highest BCUT2D eigenvalue weighted by Gasteiger charge is 2.11. The summed E-state index contributed by atoms with van der Waals surface area (Å²) in [5.41, 5.74) is 1.77. The first kappa shape index (κ1) is 16.2. The average Bonchev–Trinajstić information content (AvgIpc) is 2.60. The molecule has 0 saturated carbocycles. The summed E-state index contributed by atoms with van der Waals surface area (Å²) >= 11 is 0. The number of hydrogen-bond donors (Lipinski definition) is 1. The average molecular weight is 307 g/mol. The number of rotatable bonds is 5. The van der Waals surface area contributed by atoms with E-state index < -0.39 is 11.9 Å². The largest absolute Gasteiger partial charge is 0.464 e. The van der Waals surface area contributed by atoms with Gasteiger partial charge in [0, 0.05) is 6.08 Å². The molecular formula is C19H17NO3. The quantitative estimate of drug-likeness (QED) is 0.682. The van der Waals surface area contributed by atoms with Crippen molar-refractivity contribution >= 4 is 24.0 Å². The Kier molecular flexibility index (Phi) is 5.89. The molecule has 1 amide bonds. The number of ether oxygens (including phenoxy) is 1. The second-order valence-corrected chi connectivity index (χ2v) is 4.69. The van der Waals surface area contributed by atoms with Gasteiger partial charge < -0.3 is 10.1 Å². The topological polar surface area (TPSA) is 55.4 Å². The molecule has 1 N–H and O–H groups in total. The van der Waals surface area contributed by atoms with Crippen LogP contribution in [0.3, 0.4) is 0 Å². The highest BCUT2D eigenvalue weighted by Crippen LogP contribution is 2.06. The van der Waals surface area contributed by atoms with E-state index in [4.69, 9.17) is 4.74 Å². The molecule has 0 saturated heterocycles. The molecule has 0 aliphatic heterocycles. The minimum Gasteiger partial charge on any atom is -0.464 e. The first-order valence-electron chi connectivity index (χ1n) is 7.08. The van der Waals surface area contributed by atoms with Gasteiger partial charge in [-0.05, 0) is 23.3 Å². The van der Waals surface area contributed by atoms with Crippen LogP contribution in [0, 0.1) is 0 Å². The zero-order valence-corrected chi connectivity index (χ0v) is 12.7. The van der Waals surface area contributed by atoms with E-state index >= 15 is 0 Å². The summed E-state index contributed by atoms with van der Waals surface area (Å²) in [6.07, 6.45) is 4.62. The third kappa shape index (κ3) is 5.28. The van der Waals surface area contributed by atoms with Crippen LogP contribution in [0.4, 0.5) is 0 Å². The van der Waals surface area contributed by atoms with Crippen molar-refractivity contribution in [3.05, 3.63) is 83.6 Å². The molecule has 23 heavy (non-hydrogen) atoms. The number of carbonyl (C=O) groups is 2. The third-order valence-corrected chi connectivity index (χ3v) is 3.00. The fourth-order valence-corrected chi connectivity index (χ4v) is 1.88. The van der Waals surface area contributed by atoms with Gasteiger partial charge in [-0.2, -0.15) is 0 Å². The molecule has 0 aliphatic rings. The second kappa shape index (κ2) is 8.34. The summed E-state index contributed by atoms with van der Waals surface area (Å²) in [4.78, 5) is 23.8. The minimum atomic E-state index is -0.602. The van der Waals surface area contributed by atoms with E-state index in [0.29, 0.717) is 0 Å². The Balaban J connectivity index is 2.12. The predicted octanol–water partition coefficient (Wildman–Crippen LogP) is 3.03. The summed E-state index contributed by atoms with van der Waals surface area (Å²) in [5.74, 6) is -1.00. The van der Waals surface area contributed by atoms with Gasteiger partial charge in [-0.1, -0.05) is 60.7 Å². The molecular weight excluding hydrogens is 290 g/mol. The molecule has 0 radical (unpaired) electrons. The molecule has 2 rings (SSSR count). The van der Waals surface area contributed by atoms with E-state index in [9.17, 15) is 9.59 Å². The summed E-state index contributed by atoms with van der Waals surface area (Å²) in [5, 5.41) is 2.55.